The van der Waals surface area contributed by atoms with E-state index >= 15 is 0 Å². The zero-order valence-electron chi connectivity index (χ0n) is 20.5. The Bertz CT molecular complexity index is 1090. The summed E-state index contributed by atoms with van der Waals surface area (Å²) >= 11 is 0. The van der Waals surface area contributed by atoms with E-state index in [1.54, 1.807) is 36.4 Å². The lowest BCUT2D eigenvalue weighted by molar-refractivity contribution is -0.277. The zero-order chi connectivity index (χ0) is 26.7. The standard InChI is InChI=1S/C26H32O11/c1-33-18-5-3-14(9-17(18)28)8-16-15(12-35-25(16)32)7-13-4-6-19(20(10-13)34-2)36-26-24(31)23(30)22(29)21(11-27)37-26/h3-6,9-10,15-16,21-24,26-31H,7-8,11-12H2,1-2H3/t15-,16+,21-,22-,23+,24-,26-/m1/s1. The van der Waals surface area contributed by atoms with Crippen LogP contribution in [0, 0.1) is 11.8 Å². The van der Waals surface area contributed by atoms with Crippen molar-refractivity contribution in [3.63, 3.8) is 0 Å². The van der Waals surface area contributed by atoms with Gasteiger partial charge in [0.1, 0.15) is 24.4 Å². The maximum absolute atomic E-state index is 12.5. The molecule has 0 bridgehead atoms. The van der Waals surface area contributed by atoms with Crippen LogP contribution in [0.3, 0.4) is 0 Å². The van der Waals surface area contributed by atoms with Gasteiger partial charge in [-0.1, -0.05) is 12.1 Å². The second-order valence-corrected chi connectivity index (χ2v) is 9.21. The average Bonchev–Trinajstić information content (AvgIpc) is 3.23. The second kappa shape index (κ2) is 11.5. The smallest absolute Gasteiger partial charge is 0.309 e. The highest BCUT2D eigenvalue weighted by Gasteiger charge is 2.45. The molecule has 2 aliphatic heterocycles. The van der Waals surface area contributed by atoms with Crippen molar-refractivity contribution in [1.29, 1.82) is 0 Å². The Morgan fingerprint density at radius 3 is 2.22 bits per heavy atom. The number of hydrogen-bond donors (Lipinski definition) is 5. The van der Waals surface area contributed by atoms with E-state index in [0.29, 0.717) is 24.3 Å². The van der Waals surface area contributed by atoms with Crippen molar-refractivity contribution >= 4 is 5.97 Å². The Labute approximate surface area is 213 Å². The lowest BCUT2D eigenvalue weighted by atomic mass is 9.85. The van der Waals surface area contributed by atoms with Gasteiger partial charge in [0.15, 0.2) is 23.0 Å². The van der Waals surface area contributed by atoms with Crippen molar-refractivity contribution in [2.45, 2.75) is 43.5 Å². The van der Waals surface area contributed by atoms with Crippen molar-refractivity contribution in [2.75, 3.05) is 27.4 Å². The van der Waals surface area contributed by atoms with Crippen LogP contribution in [0.1, 0.15) is 11.1 Å². The van der Waals surface area contributed by atoms with Gasteiger partial charge in [-0.05, 0) is 48.2 Å². The van der Waals surface area contributed by atoms with Crippen LogP contribution in [0.25, 0.3) is 0 Å². The third kappa shape index (κ3) is 5.76. The monoisotopic (exact) mass is 520 g/mol. The number of methoxy groups -OCH3 is 2. The fourth-order valence-corrected chi connectivity index (χ4v) is 4.70. The van der Waals surface area contributed by atoms with Crippen LogP contribution in [-0.4, -0.2) is 89.6 Å². The molecule has 202 valence electrons. The first kappa shape index (κ1) is 27.0. The summed E-state index contributed by atoms with van der Waals surface area (Å²) in [5, 5.41) is 49.7. The number of carbonyl (C=O) groups is 1. The van der Waals surface area contributed by atoms with E-state index in [1.807, 2.05) is 0 Å². The summed E-state index contributed by atoms with van der Waals surface area (Å²) in [6.45, 7) is -0.308. The molecule has 2 heterocycles. The van der Waals surface area contributed by atoms with Gasteiger partial charge in [-0.3, -0.25) is 4.79 Å². The molecule has 2 saturated heterocycles. The van der Waals surface area contributed by atoms with Crippen LogP contribution in [0.4, 0.5) is 0 Å². The Kier molecular flexibility index (Phi) is 8.40. The first-order valence-electron chi connectivity index (χ1n) is 11.9. The molecule has 0 radical (unpaired) electrons. The lowest BCUT2D eigenvalue weighted by Crippen LogP contribution is -2.60. The number of phenols is 1. The molecular weight excluding hydrogens is 488 g/mol. The highest BCUT2D eigenvalue weighted by molar-refractivity contribution is 5.75. The molecule has 37 heavy (non-hydrogen) atoms. The Morgan fingerprint density at radius 2 is 1.57 bits per heavy atom. The van der Waals surface area contributed by atoms with Gasteiger partial charge in [-0.2, -0.15) is 0 Å². The number of esters is 1. The Morgan fingerprint density at radius 1 is 0.892 bits per heavy atom. The molecule has 4 rings (SSSR count). The van der Waals surface area contributed by atoms with E-state index in [9.17, 15) is 30.3 Å². The van der Waals surface area contributed by atoms with Crippen molar-refractivity contribution in [3.05, 3.63) is 47.5 Å². The van der Waals surface area contributed by atoms with Gasteiger partial charge in [-0.25, -0.2) is 0 Å². The zero-order valence-corrected chi connectivity index (χ0v) is 20.5. The number of phenolic OH excluding ortho intramolecular Hbond substituents is 1. The number of hydrogen-bond acceptors (Lipinski definition) is 11. The average molecular weight is 521 g/mol. The summed E-state index contributed by atoms with van der Waals surface area (Å²) in [4.78, 5) is 12.5. The molecule has 5 N–H and O–H groups in total. The minimum absolute atomic E-state index is 0.00245. The largest absolute Gasteiger partial charge is 0.504 e. The number of aromatic hydroxyl groups is 1. The van der Waals surface area contributed by atoms with E-state index < -0.39 is 43.2 Å². The predicted octanol–water partition coefficient (Wildman–Crippen LogP) is 0.163. The molecule has 2 fully saturated rings. The fraction of sp³-hybridized carbons (Fsp3) is 0.500. The summed E-state index contributed by atoms with van der Waals surface area (Å²) in [5.41, 5.74) is 1.64. The van der Waals surface area contributed by atoms with Crippen LogP contribution in [0.15, 0.2) is 36.4 Å². The molecule has 0 saturated carbocycles. The SMILES string of the molecule is COc1ccc(C[C@@H]2C(=O)OC[C@H]2Cc2ccc(O[C@@H]3O[C@H](CO)[C@@H](O)[C@H](O)[C@H]3O)c(OC)c2)cc1O. The summed E-state index contributed by atoms with van der Waals surface area (Å²) in [5.74, 6) is 0.100. The molecule has 2 aliphatic rings. The molecule has 7 atom stereocenters. The van der Waals surface area contributed by atoms with Gasteiger partial charge in [0.2, 0.25) is 6.29 Å². The number of aliphatic hydroxyl groups is 4. The molecule has 0 aromatic heterocycles. The van der Waals surface area contributed by atoms with Crippen molar-refractivity contribution in [3.8, 4) is 23.0 Å². The van der Waals surface area contributed by atoms with E-state index in [2.05, 4.69) is 0 Å². The highest BCUT2D eigenvalue weighted by atomic mass is 16.7. The molecule has 11 heteroatoms. The highest BCUT2D eigenvalue weighted by Crippen LogP contribution is 2.36. The number of rotatable bonds is 9. The maximum Gasteiger partial charge on any atom is 0.309 e. The van der Waals surface area contributed by atoms with Crippen LogP contribution in [-0.2, 0) is 27.1 Å². The van der Waals surface area contributed by atoms with Gasteiger partial charge in [0.05, 0.1) is 33.4 Å². The lowest BCUT2D eigenvalue weighted by Gasteiger charge is -2.39. The maximum atomic E-state index is 12.5. The summed E-state index contributed by atoms with van der Waals surface area (Å²) in [6.07, 6.45) is -6.14. The van der Waals surface area contributed by atoms with Gasteiger partial charge in [0.25, 0.3) is 0 Å². The normalized spacial score (nSPS) is 29.6. The number of ether oxygens (including phenoxy) is 5. The van der Waals surface area contributed by atoms with Gasteiger partial charge in [0, 0.05) is 5.92 Å². The second-order valence-electron chi connectivity index (χ2n) is 9.21. The molecule has 11 nitrogen and oxygen atoms in total. The van der Waals surface area contributed by atoms with E-state index in [-0.39, 0.29) is 30.0 Å². The Hall–Kier alpha value is -3.09. The van der Waals surface area contributed by atoms with Gasteiger partial charge < -0.3 is 49.2 Å². The molecule has 0 aliphatic carbocycles. The first-order chi connectivity index (χ1) is 17.7. The van der Waals surface area contributed by atoms with Crippen LogP contribution in [0.2, 0.25) is 0 Å². The Balaban J connectivity index is 1.46. The number of aliphatic hydroxyl groups excluding tert-OH is 4. The minimum Gasteiger partial charge on any atom is -0.504 e. The minimum atomic E-state index is -1.56. The van der Waals surface area contributed by atoms with E-state index in [4.69, 9.17) is 23.7 Å². The first-order valence-corrected chi connectivity index (χ1v) is 11.9. The third-order valence-electron chi connectivity index (χ3n) is 6.83. The van der Waals surface area contributed by atoms with Crippen molar-refractivity contribution in [1.82, 2.24) is 0 Å². The van der Waals surface area contributed by atoms with Crippen molar-refractivity contribution < 1.29 is 54.0 Å². The quantitative estimate of drug-likeness (QED) is 0.286. The van der Waals surface area contributed by atoms with Gasteiger partial charge in [-0.15, -0.1) is 0 Å². The fourth-order valence-electron chi connectivity index (χ4n) is 4.70. The molecule has 0 amide bonds. The predicted molar refractivity (Wildman–Crippen MR) is 127 cm³/mol. The van der Waals surface area contributed by atoms with E-state index in [1.165, 1.54) is 14.2 Å². The van der Waals surface area contributed by atoms with Crippen LogP contribution < -0.4 is 14.2 Å². The molecule has 2 aromatic carbocycles. The number of carbonyl (C=O) groups excluding carboxylic acids is 1. The van der Waals surface area contributed by atoms with Crippen molar-refractivity contribution in [2.24, 2.45) is 11.8 Å². The van der Waals surface area contributed by atoms with Crippen LogP contribution in [0.5, 0.6) is 23.0 Å². The molecule has 2 aromatic rings. The van der Waals surface area contributed by atoms with E-state index in [0.717, 1.165) is 11.1 Å². The summed E-state index contributed by atoms with van der Waals surface area (Å²) in [7, 11) is 2.91. The van der Waals surface area contributed by atoms with Gasteiger partial charge >= 0.3 is 5.97 Å². The summed E-state index contributed by atoms with van der Waals surface area (Å²) in [6, 6.07) is 10.2. The molecule has 0 unspecified atom stereocenters. The molecule has 0 spiro atoms. The molecular formula is C26H32O11. The topological polar surface area (TPSA) is 164 Å². The number of benzene rings is 2. The number of cyclic esters (lactones) is 1. The summed E-state index contributed by atoms with van der Waals surface area (Å²) < 4.78 is 27.0. The third-order valence-corrected chi connectivity index (χ3v) is 6.83. The van der Waals surface area contributed by atoms with Crippen LogP contribution >= 0.6 is 0 Å².